The number of nitriles is 1. The summed E-state index contributed by atoms with van der Waals surface area (Å²) in [5, 5.41) is 20.6. The number of ketones is 1. The molecule has 1 aliphatic rings. The Balaban J connectivity index is 1.96. The normalized spacial score (nSPS) is 17.0. The van der Waals surface area contributed by atoms with Crippen molar-refractivity contribution in [1.82, 2.24) is 0 Å². The number of anilines is 1. The fraction of sp³-hybridized carbons (Fsp3) is 0.160. The Morgan fingerprint density at radius 3 is 2.32 bits per heavy atom. The van der Waals surface area contributed by atoms with Gasteiger partial charge in [0.25, 0.3) is 11.7 Å². The topological polar surface area (TPSA) is 113 Å². The van der Waals surface area contributed by atoms with E-state index in [4.69, 9.17) is 30.8 Å². The minimum Gasteiger partial charge on any atom is -0.507 e. The summed E-state index contributed by atoms with van der Waals surface area (Å²) < 4.78 is 16.3. The standard InChI is InChI=1S/C25H19ClN2O6/c1-13-4-9-18(34-13)22-21(23(29)16-10-17(26)20(33-3)11-19(16)32-2)24(30)25(31)28(22)15-7-5-14(12-27)6-8-15/h4-11,22,29H,1-3H3/b23-21+. The van der Waals surface area contributed by atoms with Crippen LogP contribution in [0.4, 0.5) is 5.69 Å². The van der Waals surface area contributed by atoms with Crippen LogP contribution in [0, 0.1) is 18.3 Å². The van der Waals surface area contributed by atoms with Gasteiger partial charge in [-0.1, -0.05) is 11.6 Å². The lowest BCUT2D eigenvalue weighted by Gasteiger charge is -2.23. The molecule has 1 unspecified atom stereocenters. The minimum absolute atomic E-state index is 0.111. The Kier molecular flexibility index (Phi) is 6.05. The number of ether oxygens (including phenoxy) is 2. The van der Waals surface area contributed by atoms with Crippen LogP contribution in [0.15, 0.2) is 58.5 Å². The fourth-order valence-corrected chi connectivity index (χ4v) is 4.10. The second-order valence-electron chi connectivity index (χ2n) is 7.46. The first-order valence-corrected chi connectivity index (χ1v) is 10.5. The molecule has 9 heteroatoms. The molecule has 1 amide bonds. The van der Waals surface area contributed by atoms with Crippen LogP contribution in [-0.4, -0.2) is 31.0 Å². The molecule has 4 rings (SSSR count). The summed E-state index contributed by atoms with van der Waals surface area (Å²) in [5.74, 6) is -0.899. The highest BCUT2D eigenvalue weighted by Gasteiger charge is 2.48. The van der Waals surface area contributed by atoms with Gasteiger partial charge in [-0.05, 0) is 49.4 Å². The smallest absolute Gasteiger partial charge is 0.300 e. The van der Waals surface area contributed by atoms with E-state index in [0.29, 0.717) is 22.8 Å². The average Bonchev–Trinajstić information content (AvgIpc) is 3.39. The van der Waals surface area contributed by atoms with Gasteiger partial charge in [-0.2, -0.15) is 5.26 Å². The SMILES string of the molecule is COc1cc(OC)c(/C(O)=C2\C(=O)C(=O)N(c3ccc(C#N)cc3)C2c2ccc(C)o2)cc1Cl. The van der Waals surface area contributed by atoms with Crippen LogP contribution >= 0.6 is 11.6 Å². The summed E-state index contributed by atoms with van der Waals surface area (Å²) >= 11 is 6.26. The second kappa shape index (κ2) is 8.96. The van der Waals surface area contributed by atoms with Crippen molar-refractivity contribution in [1.29, 1.82) is 5.26 Å². The molecule has 1 N–H and O–H groups in total. The fourth-order valence-electron chi connectivity index (χ4n) is 3.86. The number of rotatable bonds is 5. The molecule has 1 aromatic heterocycles. The number of halogens is 1. The van der Waals surface area contributed by atoms with E-state index in [1.165, 1.54) is 43.4 Å². The number of amides is 1. The number of aliphatic hydroxyl groups excluding tert-OH is 1. The van der Waals surface area contributed by atoms with Crippen LogP contribution in [-0.2, 0) is 9.59 Å². The number of Topliss-reactive ketones (excluding diaryl/α,β-unsaturated/α-hetero) is 1. The quantitative estimate of drug-likeness (QED) is 0.319. The summed E-state index contributed by atoms with van der Waals surface area (Å²) in [6.45, 7) is 1.73. The lowest BCUT2D eigenvalue weighted by molar-refractivity contribution is -0.132. The van der Waals surface area contributed by atoms with E-state index in [1.54, 1.807) is 31.2 Å². The number of hydrogen-bond acceptors (Lipinski definition) is 7. The van der Waals surface area contributed by atoms with Crippen LogP contribution in [0.3, 0.4) is 0 Å². The van der Waals surface area contributed by atoms with E-state index < -0.39 is 23.5 Å². The minimum atomic E-state index is -1.06. The molecule has 2 heterocycles. The van der Waals surface area contributed by atoms with E-state index in [9.17, 15) is 14.7 Å². The van der Waals surface area contributed by atoms with Crippen molar-refractivity contribution in [3.8, 4) is 17.6 Å². The first-order chi connectivity index (χ1) is 16.3. The van der Waals surface area contributed by atoms with Gasteiger partial charge in [-0.3, -0.25) is 14.5 Å². The molecule has 1 aliphatic heterocycles. The molecule has 1 atom stereocenters. The molecule has 2 aromatic carbocycles. The van der Waals surface area contributed by atoms with Gasteiger partial charge in [0.1, 0.15) is 34.8 Å². The van der Waals surface area contributed by atoms with Crippen LogP contribution in [0.25, 0.3) is 5.76 Å². The highest BCUT2D eigenvalue weighted by atomic mass is 35.5. The van der Waals surface area contributed by atoms with Crippen molar-refractivity contribution in [2.75, 3.05) is 19.1 Å². The van der Waals surface area contributed by atoms with E-state index in [-0.39, 0.29) is 27.7 Å². The number of hydrogen-bond donors (Lipinski definition) is 1. The van der Waals surface area contributed by atoms with Crippen molar-refractivity contribution in [2.45, 2.75) is 13.0 Å². The zero-order valence-electron chi connectivity index (χ0n) is 18.5. The number of furan rings is 1. The molecular formula is C25H19ClN2O6. The molecule has 0 aliphatic carbocycles. The van der Waals surface area contributed by atoms with Gasteiger partial charge < -0.3 is 19.0 Å². The van der Waals surface area contributed by atoms with Crippen molar-refractivity contribution in [2.24, 2.45) is 0 Å². The summed E-state index contributed by atoms with van der Waals surface area (Å²) in [6, 6.07) is 13.3. The van der Waals surface area contributed by atoms with E-state index in [2.05, 4.69) is 0 Å². The number of methoxy groups -OCH3 is 2. The van der Waals surface area contributed by atoms with E-state index >= 15 is 0 Å². The third-order valence-electron chi connectivity index (χ3n) is 5.48. The van der Waals surface area contributed by atoms with E-state index in [0.717, 1.165) is 0 Å². The Labute approximate surface area is 200 Å². The molecule has 0 saturated carbocycles. The predicted octanol–water partition coefficient (Wildman–Crippen LogP) is 4.76. The van der Waals surface area contributed by atoms with Gasteiger partial charge in [0, 0.05) is 11.8 Å². The second-order valence-corrected chi connectivity index (χ2v) is 7.87. The molecule has 3 aromatic rings. The predicted molar refractivity (Wildman–Crippen MR) is 124 cm³/mol. The summed E-state index contributed by atoms with van der Waals surface area (Å²) in [4.78, 5) is 27.6. The number of nitrogens with zero attached hydrogens (tertiary/aromatic N) is 2. The first-order valence-electron chi connectivity index (χ1n) is 10.1. The lowest BCUT2D eigenvalue weighted by Crippen LogP contribution is -2.29. The van der Waals surface area contributed by atoms with Crippen LogP contribution in [0.2, 0.25) is 5.02 Å². The molecular weight excluding hydrogens is 460 g/mol. The molecule has 8 nitrogen and oxygen atoms in total. The Morgan fingerprint density at radius 2 is 1.76 bits per heavy atom. The average molecular weight is 479 g/mol. The molecule has 34 heavy (non-hydrogen) atoms. The number of carbonyl (C=O) groups excluding carboxylic acids is 2. The summed E-state index contributed by atoms with van der Waals surface area (Å²) in [5.41, 5.74) is 0.671. The maximum absolute atomic E-state index is 13.2. The molecule has 0 bridgehead atoms. The van der Waals surface area contributed by atoms with Crippen molar-refractivity contribution < 1.29 is 28.6 Å². The highest BCUT2D eigenvalue weighted by molar-refractivity contribution is 6.51. The van der Waals surface area contributed by atoms with Crippen molar-refractivity contribution in [3.63, 3.8) is 0 Å². The first kappa shape index (κ1) is 23.0. The monoisotopic (exact) mass is 478 g/mol. The molecule has 1 saturated heterocycles. The lowest BCUT2D eigenvalue weighted by atomic mass is 9.98. The third kappa shape index (κ3) is 3.76. The number of aliphatic hydroxyl groups is 1. The van der Waals surface area contributed by atoms with Gasteiger partial charge in [0.15, 0.2) is 0 Å². The zero-order chi connectivity index (χ0) is 24.6. The van der Waals surface area contributed by atoms with Crippen LogP contribution < -0.4 is 14.4 Å². The van der Waals surface area contributed by atoms with Crippen molar-refractivity contribution >= 4 is 34.7 Å². The summed E-state index contributed by atoms with van der Waals surface area (Å²) in [6.07, 6.45) is 0. The number of carbonyl (C=O) groups is 2. The molecule has 0 radical (unpaired) electrons. The third-order valence-corrected chi connectivity index (χ3v) is 5.77. The van der Waals surface area contributed by atoms with Gasteiger partial charge in [0.2, 0.25) is 0 Å². The van der Waals surface area contributed by atoms with Gasteiger partial charge in [-0.15, -0.1) is 0 Å². The Morgan fingerprint density at radius 1 is 1.09 bits per heavy atom. The zero-order valence-corrected chi connectivity index (χ0v) is 19.2. The van der Waals surface area contributed by atoms with Gasteiger partial charge in [0.05, 0.1) is 42.0 Å². The largest absolute Gasteiger partial charge is 0.507 e. The maximum atomic E-state index is 13.2. The Hall–Kier alpha value is -4.22. The van der Waals surface area contributed by atoms with Gasteiger partial charge in [-0.25, -0.2) is 0 Å². The molecule has 172 valence electrons. The number of benzene rings is 2. The van der Waals surface area contributed by atoms with Crippen molar-refractivity contribution in [3.05, 3.63) is 81.8 Å². The van der Waals surface area contributed by atoms with Crippen LogP contribution in [0.5, 0.6) is 11.5 Å². The summed E-state index contributed by atoms with van der Waals surface area (Å²) in [7, 11) is 2.82. The number of aryl methyl sites for hydroxylation is 1. The molecule has 0 spiro atoms. The maximum Gasteiger partial charge on any atom is 0.300 e. The highest BCUT2D eigenvalue weighted by Crippen LogP contribution is 2.45. The molecule has 1 fully saturated rings. The Bertz CT molecular complexity index is 1370. The van der Waals surface area contributed by atoms with Crippen LogP contribution in [0.1, 0.15) is 28.7 Å². The van der Waals surface area contributed by atoms with E-state index in [1.807, 2.05) is 6.07 Å². The van der Waals surface area contributed by atoms with Gasteiger partial charge >= 0.3 is 0 Å².